The summed E-state index contributed by atoms with van der Waals surface area (Å²) < 4.78 is 13.2. The lowest BCUT2D eigenvalue weighted by Crippen LogP contribution is -2.70. The van der Waals surface area contributed by atoms with Crippen molar-refractivity contribution >= 4 is 0 Å². The van der Waals surface area contributed by atoms with Gasteiger partial charge in [0.15, 0.2) is 0 Å². The fourth-order valence-corrected chi connectivity index (χ4v) is 6.46. The Hall–Kier alpha value is -1.06. The number of rotatable bonds is 0. The maximum Gasteiger partial charge on any atom is 0.137 e. The van der Waals surface area contributed by atoms with Gasteiger partial charge in [0.25, 0.3) is 0 Å². The normalized spacial score (nSPS) is 48.4. The lowest BCUT2D eigenvalue weighted by Gasteiger charge is -2.58. The first kappa shape index (κ1) is 11.5. The molecule has 4 heterocycles. The van der Waals surface area contributed by atoms with Crippen LogP contribution in [0.2, 0.25) is 0 Å². The molecule has 6 rings (SSSR count). The standard InChI is InChI=1S/C18H21NO2/c1-10-3-4-11-9-13-18-6-5-12(21-18)16-17(18,7-8-19(13)2)14(11)15(10)20-16/h3-4,12-13,16H,5-9H2,1-2H3/t12?,13-,16?,17?,18-/m0/s1. The molecule has 3 heteroatoms. The van der Waals surface area contributed by atoms with Gasteiger partial charge in [0.05, 0.1) is 17.1 Å². The molecule has 4 aliphatic heterocycles. The van der Waals surface area contributed by atoms with E-state index in [-0.39, 0.29) is 17.1 Å². The number of aryl methyl sites for hydroxylation is 1. The molecule has 21 heavy (non-hydrogen) atoms. The summed E-state index contributed by atoms with van der Waals surface area (Å²) in [5.41, 5.74) is 4.56. The second kappa shape index (κ2) is 3.16. The maximum atomic E-state index is 6.68. The van der Waals surface area contributed by atoms with Crippen molar-refractivity contribution < 1.29 is 9.47 Å². The van der Waals surface area contributed by atoms with Crippen molar-refractivity contribution in [2.75, 3.05) is 13.6 Å². The lowest BCUT2D eigenvalue weighted by molar-refractivity contribution is -0.115. The van der Waals surface area contributed by atoms with E-state index in [4.69, 9.17) is 9.47 Å². The summed E-state index contributed by atoms with van der Waals surface area (Å²) in [6.45, 7) is 3.37. The maximum absolute atomic E-state index is 6.68. The van der Waals surface area contributed by atoms with Crippen LogP contribution in [0.15, 0.2) is 12.1 Å². The minimum Gasteiger partial charge on any atom is -0.486 e. The average Bonchev–Trinajstić information content (AvgIpc) is 3.11. The van der Waals surface area contributed by atoms with Gasteiger partial charge in [0.2, 0.25) is 0 Å². The Balaban J connectivity index is 1.74. The summed E-state index contributed by atoms with van der Waals surface area (Å²) in [6, 6.07) is 5.14. The Labute approximate surface area is 125 Å². The Morgan fingerprint density at radius 2 is 2.19 bits per heavy atom. The van der Waals surface area contributed by atoms with Crippen LogP contribution in [-0.2, 0) is 16.6 Å². The number of benzene rings is 1. The summed E-state index contributed by atoms with van der Waals surface area (Å²) in [4.78, 5) is 2.55. The van der Waals surface area contributed by atoms with Gasteiger partial charge in [-0.25, -0.2) is 0 Å². The van der Waals surface area contributed by atoms with E-state index >= 15 is 0 Å². The Morgan fingerprint density at radius 3 is 3.10 bits per heavy atom. The molecule has 3 nitrogen and oxygen atoms in total. The number of fused-ring (bicyclic) bond motifs is 2. The highest BCUT2D eigenvalue weighted by Crippen LogP contribution is 2.70. The number of likely N-dealkylation sites (N-methyl/N-ethyl adjacent to an activating group) is 1. The molecule has 1 aromatic carbocycles. The van der Waals surface area contributed by atoms with Crippen LogP contribution in [0.25, 0.3) is 0 Å². The number of piperidine rings is 1. The van der Waals surface area contributed by atoms with Gasteiger partial charge in [-0.05, 0) is 57.3 Å². The molecule has 3 saturated heterocycles. The Morgan fingerprint density at radius 1 is 1.29 bits per heavy atom. The lowest BCUT2D eigenvalue weighted by atomic mass is 9.51. The van der Waals surface area contributed by atoms with E-state index in [2.05, 4.69) is 31.0 Å². The van der Waals surface area contributed by atoms with Gasteiger partial charge in [-0.2, -0.15) is 0 Å². The van der Waals surface area contributed by atoms with Crippen LogP contribution < -0.4 is 4.74 Å². The summed E-state index contributed by atoms with van der Waals surface area (Å²) in [7, 11) is 2.28. The van der Waals surface area contributed by atoms with Crippen LogP contribution in [0.5, 0.6) is 5.75 Å². The molecule has 0 radical (unpaired) electrons. The van der Waals surface area contributed by atoms with Crippen LogP contribution in [0.1, 0.15) is 36.0 Å². The molecule has 5 aliphatic rings. The second-order valence-electron chi connectivity index (χ2n) is 7.79. The van der Waals surface area contributed by atoms with E-state index in [1.165, 1.54) is 42.7 Å². The fourth-order valence-electron chi connectivity index (χ4n) is 6.46. The van der Waals surface area contributed by atoms with Crippen molar-refractivity contribution in [1.82, 2.24) is 4.90 Å². The summed E-state index contributed by atoms with van der Waals surface area (Å²) in [5.74, 6) is 1.21. The predicted molar refractivity (Wildman–Crippen MR) is 78.9 cm³/mol. The minimum absolute atomic E-state index is 0.0291. The van der Waals surface area contributed by atoms with E-state index in [0.717, 1.165) is 6.42 Å². The van der Waals surface area contributed by atoms with E-state index < -0.39 is 0 Å². The van der Waals surface area contributed by atoms with Crippen molar-refractivity contribution in [3.05, 3.63) is 28.8 Å². The Bertz CT molecular complexity index is 686. The van der Waals surface area contributed by atoms with Crippen LogP contribution >= 0.6 is 0 Å². The average molecular weight is 283 g/mol. The van der Waals surface area contributed by atoms with Gasteiger partial charge in [-0.3, -0.25) is 0 Å². The number of nitrogens with zero attached hydrogens (tertiary/aromatic N) is 1. The number of hydrogen-bond donors (Lipinski definition) is 0. The molecule has 110 valence electrons. The largest absolute Gasteiger partial charge is 0.486 e. The summed E-state index contributed by atoms with van der Waals surface area (Å²) in [5, 5.41) is 0. The molecule has 1 aliphatic carbocycles. The molecule has 5 atom stereocenters. The molecule has 0 aromatic heterocycles. The van der Waals surface area contributed by atoms with Crippen molar-refractivity contribution in [3.8, 4) is 5.75 Å². The van der Waals surface area contributed by atoms with Crippen LogP contribution in [-0.4, -0.2) is 42.3 Å². The SMILES string of the molecule is Cc1ccc2c3c1OC1C4CC[C@]5(O4)[C@H](C2)N(C)CCC315. The zero-order chi connectivity index (χ0) is 14.0. The molecule has 3 unspecified atom stereocenters. The molecular weight excluding hydrogens is 262 g/mol. The first-order chi connectivity index (χ1) is 10.2. The van der Waals surface area contributed by atoms with E-state index in [1.807, 2.05) is 0 Å². The first-order valence-corrected chi connectivity index (χ1v) is 8.35. The number of ether oxygens (including phenoxy) is 2. The van der Waals surface area contributed by atoms with Crippen molar-refractivity contribution in [2.24, 2.45) is 0 Å². The van der Waals surface area contributed by atoms with Gasteiger partial charge in [-0.15, -0.1) is 0 Å². The highest BCUT2D eigenvalue weighted by Gasteiger charge is 2.78. The van der Waals surface area contributed by atoms with Gasteiger partial charge >= 0.3 is 0 Å². The second-order valence-corrected chi connectivity index (χ2v) is 7.79. The molecular formula is C18H21NO2. The third kappa shape index (κ3) is 0.942. The van der Waals surface area contributed by atoms with Gasteiger partial charge in [0, 0.05) is 11.6 Å². The van der Waals surface area contributed by atoms with Crippen LogP contribution in [0.4, 0.5) is 0 Å². The smallest absolute Gasteiger partial charge is 0.137 e. The predicted octanol–water partition coefficient (Wildman–Crippen LogP) is 2.19. The van der Waals surface area contributed by atoms with Crippen LogP contribution in [0.3, 0.4) is 0 Å². The van der Waals surface area contributed by atoms with Gasteiger partial charge in [0.1, 0.15) is 11.9 Å². The van der Waals surface area contributed by atoms with Gasteiger partial charge in [-0.1, -0.05) is 12.1 Å². The van der Waals surface area contributed by atoms with E-state index in [9.17, 15) is 0 Å². The molecule has 0 amide bonds. The van der Waals surface area contributed by atoms with Crippen molar-refractivity contribution in [2.45, 2.75) is 61.9 Å². The summed E-state index contributed by atoms with van der Waals surface area (Å²) >= 11 is 0. The molecule has 3 fully saturated rings. The number of hydrogen-bond acceptors (Lipinski definition) is 3. The molecule has 0 saturated carbocycles. The van der Waals surface area contributed by atoms with E-state index in [1.54, 1.807) is 5.56 Å². The molecule has 0 N–H and O–H groups in total. The topological polar surface area (TPSA) is 21.7 Å². The zero-order valence-corrected chi connectivity index (χ0v) is 12.7. The summed E-state index contributed by atoms with van der Waals surface area (Å²) in [6.07, 6.45) is 5.32. The first-order valence-electron chi connectivity index (χ1n) is 8.35. The Kier molecular flexibility index (Phi) is 1.73. The molecule has 4 bridgehead atoms. The molecule has 1 aromatic rings. The number of likely N-dealkylation sites (tertiary alicyclic amines) is 1. The van der Waals surface area contributed by atoms with E-state index in [0.29, 0.717) is 12.1 Å². The quantitative estimate of drug-likeness (QED) is 0.728. The zero-order valence-electron chi connectivity index (χ0n) is 12.7. The third-order valence-corrected chi connectivity index (χ3v) is 7.21. The van der Waals surface area contributed by atoms with Crippen molar-refractivity contribution in [1.29, 1.82) is 0 Å². The monoisotopic (exact) mass is 283 g/mol. The van der Waals surface area contributed by atoms with Gasteiger partial charge < -0.3 is 14.4 Å². The van der Waals surface area contributed by atoms with Crippen molar-refractivity contribution in [3.63, 3.8) is 0 Å². The fraction of sp³-hybridized carbons (Fsp3) is 0.667. The highest BCUT2D eigenvalue weighted by molar-refractivity contribution is 5.61. The minimum atomic E-state index is 0.0291. The third-order valence-electron chi connectivity index (χ3n) is 7.21. The molecule has 2 spiro atoms. The van der Waals surface area contributed by atoms with Crippen LogP contribution in [0, 0.1) is 6.92 Å². The highest BCUT2D eigenvalue weighted by atomic mass is 16.6.